The van der Waals surface area contributed by atoms with E-state index in [1.54, 1.807) is 13.3 Å². The zero-order valence-electron chi connectivity index (χ0n) is 15.4. The van der Waals surface area contributed by atoms with Crippen LogP contribution in [-0.4, -0.2) is 34.1 Å². The fraction of sp³-hybridized carbons (Fsp3) is 0.300. The molecule has 1 saturated carbocycles. The van der Waals surface area contributed by atoms with Gasteiger partial charge in [-0.2, -0.15) is 0 Å². The molecule has 138 valence electrons. The van der Waals surface area contributed by atoms with Gasteiger partial charge in [-0.3, -0.25) is 0 Å². The van der Waals surface area contributed by atoms with E-state index in [0.29, 0.717) is 11.9 Å². The van der Waals surface area contributed by atoms with Crippen molar-refractivity contribution in [3.63, 3.8) is 0 Å². The molecule has 0 aliphatic heterocycles. The summed E-state index contributed by atoms with van der Waals surface area (Å²) in [5.74, 6) is 2.71. The summed E-state index contributed by atoms with van der Waals surface area (Å²) in [6, 6.07) is 9.54. The number of hydrogen-bond acceptors (Lipinski definition) is 7. The first-order chi connectivity index (χ1) is 13.2. The Morgan fingerprint density at radius 2 is 1.85 bits per heavy atom. The fourth-order valence-corrected chi connectivity index (χ4v) is 2.87. The Balaban J connectivity index is 1.61. The lowest BCUT2D eigenvalue weighted by molar-refractivity contribution is 0.415. The molecule has 0 saturated heterocycles. The number of rotatable bonds is 7. The normalized spacial score (nSPS) is 13.3. The van der Waals surface area contributed by atoms with Crippen molar-refractivity contribution in [2.75, 3.05) is 24.8 Å². The lowest BCUT2D eigenvalue weighted by atomic mass is 10.1. The van der Waals surface area contributed by atoms with Crippen LogP contribution in [0.1, 0.15) is 18.5 Å². The summed E-state index contributed by atoms with van der Waals surface area (Å²) >= 11 is 0. The molecule has 2 heterocycles. The molecular weight excluding hydrogens is 340 g/mol. The van der Waals surface area contributed by atoms with Gasteiger partial charge in [0.2, 0.25) is 11.9 Å². The van der Waals surface area contributed by atoms with Gasteiger partial charge in [0, 0.05) is 30.7 Å². The quantitative estimate of drug-likeness (QED) is 0.663. The van der Waals surface area contributed by atoms with Gasteiger partial charge in [-0.05, 0) is 55.5 Å². The number of nitrogens with zero attached hydrogens (tertiary/aromatic N) is 4. The van der Waals surface area contributed by atoms with Crippen LogP contribution in [0.3, 0.4) is 0 Å². The van der Waals surface area contributed by atoms with Crippen molar-refractivity contribution in [1.82, 2.24) is 19.9 Å². The van der Waals surface area contributed by atoms with Crippen molar-refractivity contribution in [2.45, 2.75) is 19.3 Å². The Morgan fingerprint density at radius 1 is 1.04 bits per heavy atom. The van der Waals surface area contributed by atoms with Crippen LogP contribution in [0.2, 0.25) is 0 Å². The predicted molar refractivity (Wildman–Crippen MR) is 105 cm³/mol. The molecule has 27 heavy (non-hydrogen) atoms. The first kappa shape index (κ1) is 17.2. The topological polar surface area (TPSA) is 84.9 Å². The maximum absolute atomic E-state index is 5.19. The second-order valence-electron chi connectivity index (χ2n) is 6.57. The standard InChI is InChI=1S/C20H22N6O/c1-21-19-23-12-16(18(26-19)11-13-3-4-13)17-9-10-22-20(25-17)24-14-5-7-15(27-2)8-6-14/h5-10,12-13H,3-4,11H2,1-2H3,(H,21,23,26)(H,22,24,25). The average molecular weight is 362 g/mol. The summed E-state index contributed by atoms with van der Waals surface area (Å²) in [4.78, 5) is 18.0. The van der Waals surface area contributed by atoms with Crippen molar-refractivity contribution in [3.05, 3.63) is 48.4 Å². The minimum absolute atomic E-state index is 0.535. The van der Waals surface area contributed by atoms with E-state index in [0.717, 1.165) is 40.7 Å². The summed E-state index contributed by atoms with van der Waals surface area (Å²) in [7, 11) is 3.48. The van der Waals surface area contributed by atoms with Gasteiger partial charge in [-0.25, -0.2) is 19.9 Å². The van der Waals surface area contributed by atoms with Crippen LogP contribution in [0.4, 0.5) is 17.6 Å². The monoisotopic (exact) mass is 362 g/mol. The van der Waals surface area contributed by atoms with Gasteiger partial charge in [0.25, 0.3) is 0 Å². The van der Waals surface area contributed by atoms with Gasteiger partial charge in [-0.1, -0.05) is 0 Å². The van der Waals surface area contributed by atoms with Crippen molar-refractivity contribution in [1.29, 1.82) is 0 Å². The highest BCUT2D eigenvalue weighted by atomic mass is 16.5. The fourth-order valence-electron chi connectivity index (χ4n) is 2.87. The molecule has 0 radical (unpaired) electrons. The molecule has 1 aromatic carbocycles. The Bertz CT molecular complexity index is 924. The van der Waals surface area contributed by atoms with Crippen LogP contribution in [0.15, 0.2) is 42.7 Å². The molecule has 2 N–H and O–H groups in total. The third-order valence-corrected chi connectivity index (χ3v) is 4.55. The van der Waals surface area contributed by atoms with Gasteiger partial charge in [-0.15, -0.1) is 0 Å². The number of benzene rings is 1. The van der Waals surface area contributed by atoms with Crippen LogP contribution in [0, 0.1) is 5.92 Å². The molecule has 3 aromatic rings. The smallest absolute Gasteiger partial charge is 0.227 e. The van der Waals surface area contributed by atoms with Crippen molar-refractivity contribution in [2.24, 2.45) is 5.92 Å². The summed E-state index contributed by atoms with van der Waals surface area (Å²) in [6.45, 7) is 0. The van der Waals surface area contributed by atoms with Crippen LogP contribution in [0.5, 0.6) is 5.75 Å². The maximum atomic E-state index is 5.19. The van der Waals surface area contributed by atoms with E-state index < -0.39 is 0 Å². The highest BCUT2D eigenvalue weighted by molar-refractivity contribution is 5.64. The molecule has 0 bridgehead atoms. The summed E-state index contributed by atoms with van der Waals surface area (Å²) in [6.07, 6.45) is 7.09. The van der Waals surface area contributed by atoms with E-state index in [9.17, 15) is 0 Å². The van der Waals surface area contributed by atoms with Gasteiger partial charge in [0.1, 0.15) is 5.75 Å². The molecule has 0 atom stereocenters. The Labute approximate surface area is 158 Å². The van der Waals surface area contributed by atoms with E-state index in [4.69, 9.17) is 4.74 Å². The van der Waals surface area contributed by atoms with Gasteiger partial charge >= 0.3 is 0 Å². The Morgan fingerprint density at radius 3 is 2.56 bits per heavy atom. The number of nitrogens with one attached hydrogen (secondary N) is 2. The van der Waals surface area contributed by atoms with Crippen LogP contribution in [0.25, 0.3) is 11.3 Å². The van der Waals surface area contributed by atoms with Crippen LogP contribution < -0.4 is 15.4 Å². The molecule has 0 unspecified atom stereocenters. The molecule has 0 amide bonds. The largest absolute Gasteiger partial charge is 0.497 e. The number of anilines is 3. The zero-order chi connectivity index (χ0) is 18.6. The highest BCUT2D eigenvalue weighted by Gasteiger charge is 2.24. The number of methoxy groups -OCH3 is 1. The van der Waals surface area contributed by atoms with Crippen molar-refractivity contribution in [3.8, 4) is 17.0 Å². The third-order valence-electron chi connectivity index (χ3n) is 4.55. The van der Waals surface area contributed by atoms with E-state index >= 15 is 0 Å². The second kappa shape index (κ2) is 7.57. The third kappa shape index (κ3) is 4.13. The first-order valence-corrected chi connectivity index (χ1v) is 9.03. The van der Waals surface area contributed by atoms with Crippen LogP contribution in [-0.2, 0) is 6.42 Å². The predicted octanol–water partition coefficient (Wildman–Crippen LogP) is 3.68. The van der Waals surface area contributed by atoms with E-state index in [1.165, 1.54) is 12.8 Å². The SMILES string of the molecule is CNc1ncc(-c2ccnc(Nc3ccc(OC)cc3)n2)c(CC2CC2)n1. The number of aromatic nitrogens is 4. The first-order valence-electron chi connectivity index (χ1n) is 9.03. The number of ether oxygens (including phenoxy) is 1. The van der Waals surface area contributed by atoms with E-state index in [-0.39, 0.29) is 0 Å². The zero-order valence-corrected chi connectivity index (χ0v) is 15.4. The van der Waals surface area contributed by atoms with Gasteiger partial charge in [0.15, 0.2) is 0 Å². The number of hydrogen-bond donors (Lipinski definition) is 2. The Kier molecular flexibility index (Phi) is 4.82. The average Bonchev–Trinajstić information content (AvgIpc) is 3.53. The molecular formula is C20H22N6O. The van der Waals surface area contributed by atoms with Gasteiger partial charge in [0.05, 0.1) is 18.5 Å². The van der Waals surface area contributed by atoms with E-state index in [2.05, 4.69) is 30.6 Å². The molecule has 0 spiro atoms. The van der Waals surface area contributed by atoms with E-state index in [1.807, 2.05) is 43.6 Å². The van der Waals surface area contributed by atoms with Crippen molar-refractivity contribution < 1.29 is 4.74 Å². The highest BCUT2D eigenvalue weighted by Crippen LogP contribution is 2.35. The van der Waals surface area contributed by atoms with Crippen LogP contribution >= 0.6 is 0 Å². The molecule has 1 aliphatic rings. The molecule has 1 aliphatic carbocycles. The molecule has 2 aromatic heterocycles. The molecule has 7 heteroatoms. The second-order valence-corrected chi connectivity index (χ2v) is 6.57. The molecule has 4 rings (SSSR count). The van der Waals surface area contributed by atoms with Crippen molar-refractivity contribution >= 4 is 17.6 Å². The summed E-state index contributed by atoms with van der Waals surface area (Å²) < 4.78 is 5.19. The lowest BCUT2D eigenvalue weighted by Gasteiger charge is -2.11. The maximum Gasteiger partial charge on any atom is 0.227 e. The minimum atomic E-state index is 0.535. The lowest BCUT2D eigenvalue weighted by Crippen LogP contribution is -2.05. The summed E-state index contributed by atoms with van der Waals surface area (Å²) in [5.41, 5.74) is 3.71. The molecule has 7 nitrogen and oxygen atoms in total. The van der Waals surface area contributed by atoms with Gasteiger partial charge < -0.3 is 15.4 Å². The molecule has 1 fully saturated rings. The minimum Gasteiger partial charge on any atom is -0.497 e. The Hall–Kier alpha value is -3.22. The summed E-state index contributed by atoms with van der Waals surface area (Å²) in [5, 5.41) is 6.25.